The first kappa shape index (κ1) is 15.1. The van der Waals surface area contributed by atoms with Gasteiger partial charge < -0.3 is 14.6 Å². The summed E-state index contributed by atoms with van der Waals surface area (Å²) in [7, 11) is 0. The minimum absolute atomic E-state index is 0.108. The van der Waals surface area contributed by atoms with Crippen LogP contribution < -0.4 is 9.47 Å². The van der Waals surface area contributed by atoms with Gasteiger partial charge in [-0.05, 0) is 91.4 Å². The molecule has 0 spiro atoms. The lowest BCUT2D eigenvalue weighted by Crippen LogP contribution is -2.50. The molecule has 1 heterocycles. The summed E-state index contributed by atoms with van der Waals surface area (Å²) in [4.78, 5) is 0. The minimum Gasteiger partial charge on any atom is -0.454 e. The highest BCUT2D eigenvalue weighted by atomic mass is 16.7. The minimum atomic E-state index is -0.447. The predicted octanol–water partition coefficient (Wildman–Crippen LogP) is 4.41. The zero-order valence-corrected chi connectivity index (χ0v) is 14.8. The number of fused-ring (bicyclic) bond motifs is 6. The van der Waals surface area contributed by atoms with Crippen molar-refractivity contribution in [3.8, 4) is 11.5 Å². The standard InChI is InChI=1S/C21H28O3/c1-3-21(22)9-7-17-15-5-4-13-10-18-19(24-12-23-18)11-16(13)14(15)6-8-20(17,21)2/h10-11,14-15,17,22H,3-9,12H2,1-2H3/t14-,15+,17-,20-,21-/m0/s1. The maximum Gasteiger partial charge on any atom is 0.231 e. The van der Waals surface area contributed by atoms with E-state index in [4.69, 9.17) is 9.47 Å². The van der Waals surface area contributed by atoms with Crippen LogP contribution >= 0.6 is 0 Å². The molecule has 1 aromatic rings. The molecule has 1 N–H and O–H groups in total. The van der Waals surface area contributed by atoms with Crippen LogP contribution in [0.1, 0.15) is 69.4 Å². The van der Waals surface area contributed by atoms with Gasteiger partial charge in [-0.1, -0.05) is 13.8 Å². The molecule has 1 aliphatic heterocycles. The number of benzene rings is 1. The van der Waals surface area contributed by atoms with Gasteiger partial charge in [0.1, 0.15) is 0 Å². The summed E-state index contributed by atoms with van der Waals surface area (Å²) in [6.45, 7) is 4.90. The molecular weight excluding hydrogens is 300 g/mol. The molecule has 3 nitrogen and oxygen atoms in total. The number of aliphatic hydroxyl groups is 1. The van der Waals surface area contributed by atoms with Crippen LogP contribution in [0.5, 0.6) is 11.5 Å². The van der Waals surface area contributed by atoms with Crippen LogP contribution in [-0.4, -0.2) is 17.5 Å². The van der Waals surface area contributed by atoms with Crippen LogP contribution in [0.3, 0.4) is 0 Å². The molecule has 5 atom stereocenters. The Bertz CT molecular complexity index is 684. The molecule has 0 amide bonds. The van der Waals surface area contributed by atoms with E-state index in [0.29, 0.717) is 18.6 Å². The molecule has 4 aliphatic rings. The van der Waals surface area contributed by atoms with E-state index in [-0.39, 0.29) is 5.41 Å². The summed E-state index contributed by atoms with van der Waals surface area (Å²) in [5, 5.41) is 11.2. The number of ether oxygens (including phenoxy) is 2. The Kier molecular flexibility index (Phi) is 3.08. The third-order valence-corrected chi connectivity index (χ3v) is 8.12. The van der Waals surface area contributed by atoms with Crippen molar-refractivity contribution in [2.24, 2.45) is 17.3 Å². The van der Waals surface area contributed by atoms with Gasteiger partial charge in [-0.2, -0.15) is 0 Å². The lowest BCUT2D eigenvalue weighted by molar-refractivity contribution is -0.104. The summed E-state index contributed by atoms with van der Waals surface area (Å²) in [6, 6.07) is 4.48. The molecule has 24 heavy (non-hydrogen) atoms. The molecule has 2 saturated carbocycles. The van der Waals surface area contributed by atoms with E-state index in [1.807, 2.05) is 0 Å². The lowest BCUT2D eigenvalue weighted by atomic mass is 9.53. The SMILES string of the molecule is CC[C@]1(O)CC[C@H]2[C@@H]3CCc4cc5c(cc4[C@H]3CC[C@@]21C)OCO5. The van der Waals surface area contributed by atoms with Gasteiger partial charge in [-0.15, -0.1) is 0 Å². The number of hydrogen-bond acceptors (Lipinski definition) is 3. The van der Waals surface area contributed by atoms with Gasteiger partial charge in [-0.3, -0.25) is 0 Å². The molecule has 0 unspecified atom stereocenters. The lowest BCUT2D eigenvalue weighted by Gasteiger charge is -2.53. The molecule has 3 aliphatic carbocycles. The van der Waals surface area contributed by atoms with E-state index in [1.54, 1.807) is 0 Å². The summed E-state index contributed by atoms with van der Waals surface area (Å²) >= 11 is 0. The van der Waals surface area contributed by atoms with E-state index in [0.717, 1.165) is 43.1 Å². The van der Waals surface area contributed by atoms with Gasteiger partial charge in [0.05, 0.1) is 5.60 Å². The molecule has 0 radical (unpaired) electrons. The Morgan fingerprint density at radius 3 is 2.71 bits per heavy atom. The highest BCUT2D eigenvalue weighted by Crippen LogP contribution is 2.65. The fourth-order valence-corrected chi connectivity index (χ4v) is 6.65. The van der Waals surface area contributed by atoms with Gasteiger partial charge >= 0.3 is 0 Å². The van der Waals surface area contributed by atoms with Gasteiger partial charge in [0.25, 0.3) is 0 Å². The van der Waals surface area contributed by atoms with Crippen molar-refractivity contribution in [3.63, 3.8) is 0 Å². The summed E-state index contributed by atoms with van der Waals surface area (Å²) in [5.74, 6) is 3.88. The first-order chi connectivity index (χ1) is 11.6. The Balaban J connectivity index is 1.53. The molecule has 0 aromatic heterocycles. The van der Waals surface area contributed by atoms with E-state index in [1.165, 1.54) is 30.4 Å². The Morgan fingerprint density at radius 1 is 1.12 bits per heavy atom. The third-order valence-electron chi connectivity index (χ3n) is 8.12. The maximum absolute atomic E-state index is 11.2. The number of hydrogen-bond donors (Lipinski definition) is 1. The Labute approximate surface area is 144 Å². The van der Waals surface area contributed by atoms with E-state index >= 15 is 0 Å². The second-order valence-electron chi connectivity index (χ2n) is 8.70. The average Bonchev–Trinajstić information content (AvgIpc) is 3.15. The van der Waals surface area contributed by atoms with Crippen molar-refractivity contribution in [3.05, 3.63) is 23.3 Å². The number of aryl methyl sites for hydroxylation is 1. The smallest absolute Gasteiger partial charge is 0.231 e. The first-order valence-electron chi connectivity index (χ1n) is 9.70. The topological polar surface area (TPSA) is 38.7 Å². The predicted molar refractivity (Wildman–Crippen MR) is 92.4 cm³/mol. The molecule has 3 heteroatoms. The monoisotopic (exact) mass is 328 g/mol. The average molecular weight is 328 g/mol. The maximum atomic E-state index is 11.2. The van der Waals surface area contributed by atoms with Crippen molar-refractivity contribution in [2.75, 3.05) is 6.79 Å². The van der Waals surface area contributed by atoms with E-state index in [2.05, 4.69) is 26.0 Å². The largest absolute Gasteiger partial charge is 0.454 e. The normalized spacial score (nSPS) is 42.4. The van der Waals surface area contributed by atoms with Gasteiger partial charge in [-0.25, -0.2) is 0 Å². The Morgan fingerprint density at radius 2 is 1.92 bits per heavy atom. The van der Waals surface area contributed by atoms with Crippen molar-refractivity contribution < 1.29 is 14.6 Å². The van der Waals surface area contributed by atoms with Gasteiger partial charge in [0, 0.05) is 0 Å². The Hall–Kier alpha value is -1.22. The highest BCUT2D eigenvalue weighted by Gasteiger charge is 2.60. The molecule has 2 fully saturated rings. The second-order valence-corrected chi connectivity index (χ2v) is 8.70. The summed E-state index contributed by atoms with van der Waals surface area (Å²) < 4.78 is 11.2. The second kappa shape index (κ2) is 4.91. The van der Waals surface area contributed by atoms with Crippen LogP contribution in [0.15, 0.2) is 12.1 Å². The quantitative estimate of drug-likeness (QED) is 0.830. The molecule has 1 aromatic carbocycles. The van der Waals surface area contributed by atoms with Crippen LogP contribution in [0, 0.1) is 17.3 Å². The molecule has 5 rings (SSSR count). The van der Waals surface area contributed by atoms with Crippen LogP contribution in [-0.2, 0) is 6.42 Å². The molecule has 130 valence electrons. The van der Waals surface area contributed by atoms with Crippen LogP contribution in [0.4, 0.5) is 0 Å². The zero-order chi connectivity index (χ0) is 16.5. The van der Waals surface area contributed by atoms with E-state index < -0.39 is 5.60 Å². The van der Waals surface area contributed by atoms with Crippen molar-refractivity contribution in [1.29, 1.82) is 0 Å². The van der Waals surface area contributed by atoms with Gasteiger partial charge in [0.15, 0.2) is 11.5 Å². The van der Waals surface area contributed by atoms with Crippen LogP contribution in [0.25, 0.3) is 0 Å². The van der Waals surface area contributed by atoms with Crippen LogP contribution in [0.2, 0.25) is 0 Å². The fraction of sp³-hybridized carbons (Fsp3) is 0.714. The molecule has 0 bridgehead atoms. The van der Waals surface area contributed by atoms with Gasteiger partial charge in [0.2, 0.25) is 6.79 Å². The van der Waals surface area contributed by atoms with E-state index in [9.17, 15) is 5.11 Å². The first-order valence-corrected chi connectivity index (χ1v) is 9.70. The van der Waals surface area contributed by atoms with Crippen molar-refractivity contribution in [2.45, 2.75) is 70.3 Å². The number of rotatable bonds is 1. The summed E-state index contributed by atoms with van der Waals surface area (Å²) in [6.07, 6.45) is 7.84. The van der Waals surface area contributed by atoms with Crippen molar-refractivity contribution in [1.82, 2.24) is 0 Å². The van der Waals surface area contributed by atoms with Crippen molar-refractivity contribution >= 4 is 0 Å². The third kappa shape index (κ3) is 1.77. The fourth-order valence-electron chi connectivity index (χ4n) is 6.65. The molecule has 0 saturated heterocycles. The zero-order valence-electron chi connectivity index (χ0n) is 14.8. The highest BCUT2D eigenvalue weighted by molar-refractivity contribution is 5.51. The summed E-state index contributed by atoms with van der Waals surface area (Å²) in [5.41, 5.74) is 2.63. The molecular formula is C21H28O3.